The molecule has 1 N–H and O–H groups in total. The Labute approximate surface area is 131 Å². The zero-order valence-corrected chi connectivity index (χ0v) is 13.5. The molecule has 6 heteroatoms. The van der Waals surface area contributed by atoms with Crippen LogP contribution in [0.3, 0.4) is 0 Å². The van der Waals surface area contributed by atoms with Crippen LogP contribution in [0.4, 0.5) is 5.82 Å². The second-order valence-electron chi connectivity index (χ2n) is 6.03. The SMILES string of the molecule is Cc1ccc(NC(=O)CN2CCN(C(=O)C(C)C)CC2)nc1. The minimum atomic E-state index is -0.0695. The summed E-state index contributed by atoms with van der Waals surface area (Å²) in [6.45, 7) is 8.95. The summed E-state index contributed by atoms with van der Waals surface area (Å²) in [5, 5.41) is 2.80. The molecule has 0 aliphatic carbocycles. The number of carbonyl (C=O) groups excluding carboxylic acids is 2. The minimum absolute atomic E-state index is 0.0301. The molecule has 0 atom stereocenters. The maximum atomic E-state index is 12.0. The topological polar surface area (TPSA) is 65.5 Å². The molecule has 2 rings (SSSR count). The van der Waals surface area contributed by atoms with Crippen molar-refractivity contribution in [2.75, 3.05) is 38.0 Å². The largest absolute Gasteiger partial charge is 0.340 e. The second kappa shape index (κ2) is 7.35. The maximum Gasteiger partial charge on any atom is 0.239 e. The lowest BCUT2D eigenvalue weighted by Gasteiger charge is -2.35. The molecule has 0 aromatic carbocycles. The van der Waals surface area contributed by atoms with E-state index in [1.165, 1.54) is 0 Å². The van der Waals surface area contributed by atoms with Crippen molar-refractivity contribution in [3.05, 3.63) is 23.9 Å². The van der Waals surface area contributed by atoms with Crippen LogP contribution < -0.4 is 5.32 Å². The van der Waals surface area contributed by atoms with Gasteiger partial charge in [0.1, 0.15) is 5.82 Å². The molecule has 6 nitrogen and oxygen atoms in total. The molecular formula is C16H24N4O2. The van der Waals surface area contributed by atoms with Crippen LogP contribution >= 0.6 is 0 Å². The molecule has 0 unspecified atom stereocenters. The molecule has 0 spiro atoms. The number of piperazine rings is 1. The van der Waals surface area contributed by atoms with Crippen molar-refractivity contribution in [3.8, 4) is 0 Å². The van der Waals surface area contributed by atoms with Crippen molar-refractivity contribution < 1.29 is 9.59 Å². The summed E-state index contributed by atoms with van der Waals surface area (Å²) in [4.78, 5) is 32.0. The fraction of sp³-hybridized carbons (Fsp3) is 0.562. The van der Waals surface area contributed by atoms with Crippen molar-refractivity contribution >= 4 is 17.6 Å². The summed E-state index contributed by atoms with van der Waals surface area (Å²) >= 11 is 0. The van der Waals surface area contributed by atoms with Gasteiger partial charge in [0.05, 0.1) is 6.54 Å². The van der Waals surface area contributed by atoms with E-state index in [1.54, 1.807) is 12.3 Å². The second-order valence-corrected chi connectivity index (χ2v) is 6.03. The van der Waals surface area contributed by atoms with E-state index in [4.69, 9.17) is 0 Å². The summed E-state index contributed by atoms with van der Waals surface area (Å²) < 4.78 is 0. The van der Waals surface area contributed by atoms with Gasteiger partial charge in [-0.3, -0.25) is 14.5 Å². The van der Waals surface area contributed by atoms with E-state index >= 15 is 0 Å². The summed E-state index contributed by atoms with van der Waals surface area (Å²) in [6.07, 6.45) is 1.73. The molecule has 1 aliphatic rings. The third-order valence-corrected chi connectivity index (χ3v) is 3.72. The van der Waals surface area contributed by atoms with E-state index in [1.807, 2.05) is 31.7 Å². The zero-order valence-electron chi connectivity index (χ0n) is 13.5. The van der Waals surface area contributed by atoms with Gasteiger partial charge in [-0.2, -0.15) is 0 Å². The Hall–Kier alpha value is -1.95. The van der Waals surface area contributed by atoms with Gasteiger partial charge in [0.2, 0.25) is 11.8 Å². The lowest BCUT2D eigenvalue weighted by Crippen LogP contribution is -2.51. The van der Waals surface area contributed by atoms with Crippen LogP contribution in [0.5, 0.6) is 0 Å². The number of anilines is 1. The number of aromatic nitrogens is 1. The smallest absolute Gasteiger partial charge is 0.239 e. The quantitative estimate of drug-likeness (QED) is 0.905. The molecule has 120 valence electrons. The van der Waals surface area contributed by atoms with Gasteiger partial charge < -0.3 is 10.2 Å². The van der Waals surface area contributed by atoms with Crippen molar-refractivity contribution in [2.45, 2.75) is 20.8 Å². The highest BCUT2D eigenvalue weighted by Gasteiger charge is 2.23. The number of rotatable bonds is 4. The van der Waals surface area contributed by atoms with E-state index in [0.717, 1.165) is 18.7 Å². The standard InChI is InChI=1S/C16H24N4O2/c1-12(2)16(22)20-8-6-19(7-9-20)11-15(21)18-14-5-4-13(3)10-17-14/h4-5,10,12H,6-9,11H2,1-3H3,(H,17,18,21). The molecule has 1 saturated heterocycles. The van der Waals surface area contributed by atoms with Gasteiger partial charge in [0.15, 0.2) is 0 Å². The molecule has 1 fully saturated rings. The Morgan fingerprint density at radius 2 is 1.91 bits per heavy atom. The van der Waals surface area contributed by atoms with E-state index in [9.17, 15) is 9.59 Å². The molecule has 1 aromatic heterocycles. The van der Waals surface area contributed by atoms with Gasteiger partial charge in [-0.05, 0) is 18.6 Å². The van der Waals surface area contributed by atoms with Crippen LogP contribution in [0.25, 0.3) is 0 Å². The molecular weight excluding hydrogens is 280 g/mol. The first-order valence-corrected chi connectivity index (χ1v) is 7.69. The summed E-state index contributed by atoms with van der Waals surface area (Å²) in [7, 11) is 0. The van der Waals surface area contributed by atoms with Crippen LogP contribution in [-0.2, 0) is 9.59 Å². The highest BCUT2D eigenvalue weighted by molar-refractivity contribution is 5.91. The van der Waals surface area contributed by atoms with E-state index in [0.29, 0.717) is 25.5 Å². The van der Waals surface area contributed by atoms with Gasteiger partial charge in [0.25, 0.3) is 0 Å². The first kappa shape index (κ1) is 16.4. The number of pyridine rings is 1. The Morgan fingerprint density at radius 1 is 1.23 bits per heavy atom. The molecule has 2 amide bonds. The van der Waals surface area contributed by atoms with Gasteiger partial charge in [-0.1, -0.05) is 19.9 Å². The maximum absolute atomic E-state index is 12.0. The predicted octanol–water partition coefficient (Wildman–Crippen LogP) is 1.13. The van der Waals surface area contributed by atoms with E-state index in [2.05, 4.69) is 15.2 Å². The Morgan fingerprint density at radius 3 is 2.45 bits per heavy atom. The zero-order chi connectivity index (χ0) is 16.1. The fourth-order valence-electron chi connectivity index (χ4n) is 2.42. The molecule has 1 aromatic rings. The number of carbonyl (C=O) groups is 2. The number of aryl methyl sites for hydroxylation is 1. The number of amides is 2. The van der Waals surface area contributed by atoms with Gasteiger partial charge in [0, 0.05) is 38.3 Å². The molecule has 22 heavy (non-hydrogen) atoms. The highest BCUT2D eigenvalue weighted by Crippen LogP contribution is 2.08. The van der Waals surface area contributed by atoms with Crippen LogP contribution in [0.2, 0.25) is 0 Å². The highest BCUT2D eigenvalue weighted by atomic mass is 16.2. The van der Waals surface area contributed by atoms with Crippen molar-refractivity contribution in [1.82, 2.24) is 14.8 Å². The van der Waals surface area contributed by atoms with Crippen LogP contribution in [0.15, 0.2) is 18.3 Å². The van der Waals surface area contributed by atoms with Crippen LogP contribution in [0.1, 0.15) is 19.4 Å². The molecule has 2 heterocycles. The van der Waals surface area contributed by atoms with Crippen LogP contribution in [-0.4, -0.2) is 59.3 Å². The van der Waals surface area contributed by atoms with Gasteiger partial charge in [-0.15, -0.1) is 0 Å². The first-order valence-electron chi connectivity index (χ1n) is 7.69. The fourth-order valence-corrected chi connectivity index (χ4v) is 2.42. The van der Waals surface area contributed by atoms with E-state index in [-0.39, 0.29) is 17.7 Å². The van der Waals surface area contributed by atoms with Gasteiger partial charge >= 0.3 is 0 Å². The normalized spacial score (nSPS) is 15.9. The molecule has 0 saturated carbocycles. The number of nitrogens with one attached hydrogen (secondary N) is 1. The minimum Gasteiger partial charge on any atom is -0.340 e. The molecule has 0 radical (unpaired) electrons. The van der Waals surface area contributed by atoms with Crippen molar-refractivity contribution in [1.29, 1.82) is 0 Å². The molecule has 1 aliphatic heterocycles. The monoisotopic (exact) mass is 304 g/mol. The van der Waals surface area contributed by atoms with E-state index < -0.39 is 0 Å². The number of hydrogen-bond donors (Lipinski definition) is 1. The lowest BCUT2D eigenvalue weighted by molar-refractivity contribution is -0.136. The third kappa shape index (κ3) is 4.53. The number of nitrogens with zero attached hydrogens (tertiary/aromatic N) is 3. The van der Waals surface area contributed by atoms with Crippen molar-refractivity contribution in [3.63, 3.8) is 0 Å². The third-order valence-electron chi connectivity index (χ3n) is 3.72. The number of hydrogen-bond acceptors (Lipinski definition) is 4. The average molecular weight is 304 g/mol. The first-order chi connectivity index (χ1) is 10.5. The summed E-state index contributed by atoms with van der Waals surface area (Å²) in [5.41, 5.74) is 1.06. The Kier molecular flexibility index (Phi) is 5.49. The average Bonchev–Trinajstić information content (AvgIpc) is 2.49. The Balaban J connectivity index is 1.77. The summed E-state index contributed by atoms with van der Waals surface area (Å²) in [5.74, 6) is 0.722. The summed E-state index contributed by atoms with van der Waals surface area (Å²) in [6, 6.07) is 3.71. The van der Waals surface area contributed by atoms with Gasteiger partial charge in [-0.25, -0.2) is 4.98 Å². The molecule has 0 bridgehead atoms. The van der Waals surface area contributed by atoms with Crippen molar-refractivity contribution in [2.24, 2.45) is 5.92 Å². The lowest BCUT2D eigenvalue weighted by atomic mass is 10.1. The predicted molar refractivity (Wildman–Crippen MR) is 85.5 cm³/mol. The van der Waals surface area contributed by atoms with Crippen LogP contribution in [0, 0.1) is 12.8 Å². The Bertz CT molecular complexity index is 519.